The van der Waals surface area contributed by atoms with Gasteiger partial charge in [-0.1, -0.05) is 24.3 Å². The first-order chi connectivity index (χ1) is 11.1. The second kappa shape index (κ2) is 6.60. The summed E-state index contributed by atoms with van der Waals surface area (Å²) in [6, 6.07) is 10.9. The number of carbonyl (C=O) groups excluding carboxylic acids is 2. The first-order valence-electron chi connectivity index (χ1n) is 7.71. The van der Waals surface area contributed by atoms with Crippen LogP contribution in [0.3, 0.4) is 0 Å². The average molecular weight is 309 g/mol. The van der Waals surface area contributed by atoms with Crippen molar-refractivity contribution in [2.75, 3.05) is 6.54 Å². The Morgan fingerprint density at radius 3 is 2.57 bits per heavy atom. The summed E-state index contributed by atoms with van der Waals surface area (Å²) in [6.45, 7) is 3.01. The van der Waals surface area contributed by atoms with Crippen molar-refractivity contribution < 1.29 is 9.59 Å². The highest BCUT2D eigenvalue weighted by molar-refractivity contribution is 5.97. The molecule has 2 aromatic rings. The van der Waals surface area contributed by atoms with Gasteiger partial charge in [0, 0.05) is 31.0 Å². The van der Waals surface area contributed by atoms with Gasteiger partial charge >= 0.3 is 0 Å². The molecule has 0 fully saturated rings. The average Bonchev–Trinajstić information content (AvgIpc) is 2.61. The third-order valence-electron chi connectivity index (χ3n) is 4.10. The van der Waals surface area contributed by atoms with Crippen molar-refractivity contribution in [1.29, 1.82) is 0 Å². The smallest absolute Gasteiger partial charge is 0.252 e. The molecule has 0 aliphatic carbocycles. The SMILES string of the molecule is C[C@@H](NC(=O)c1ccncc1)C(=O)N1CCc2ccccc2C1. The fourth-order valence-corrected chi connectivity index (χ4v) is 2.80. The van der Waals surface area contributed by atoms with E-state index in [-0.39, 0.29) is 11.8 Å². The summed E-state index contributed by atoms with van der Waals surface area (Å²) in [7, 11) is 0. The molecule has 0 radical (unpaired) electrons. The number of hydrogen-bond acceptors (Lipinski definition) is 3. The van der Waals surface area contributed by atoms with Crippen molar-refractivity contribution in [3.05, 3.63) is 65.5 Å². The number of nitrogens with one attached hydrogen (secondary N) is 1. The van der Waals surface area contributed by atoms with Gasteiger partial charge in [-0.2, -0.15) is 0 Å². The lowest BCUT2D eigenvalue weighted by Crippen LogP contribution is -2.48. The highest BCUT2D eigenvalue weighted by Gasteiger charge is 2.25. The number of amides is 2. The van der Waals surface area contributed by atoms with E-state index in [1.165, 1.54) is 11.1 Å². The zero-order chi connectivity index (χ0) is 16.2. The van der Waals surface area contributed by atoms with Gasteiger partial charge < -0.3 is 10.2 Å². The molecule has 1 atom stereocenters. The lowest BCUT2D eigenvalue weighted by molar-refractivity contribution is -0.133. The molecule has 1 aliphatic rings. The Morgan fingerprint density at radius 1 is 1.13 bits per heavy atom. The fourth-order valence-electron chi connectivity index (χ4n) is 2.80. The Bertz CT molecular complexity index is 715. The van der Waals surface area contributed by atoms with Gasteiger partial charge in [0.2, 0.25) is 5.91 Å². The van der Waals surface area contributed by atoms with Gasteiger partial charge in [0.15, 0.2) is 0 Å². The Labute approximate surface area is 135 Å². The molecule has 2 amide bonds. The van der Waals surface area contributed by atoms with Gasteiger partial charge in [-0.15, -0.1) is 0 Å². The quantitative estimate of drug-likeness (QED) is 0.940. The number of nitrogens with zero attached hydrogens (tertiary/aromatic N) is 2. The monoisotopic (exact) mass is 309 g/mol. The van der Waals surface area contributed by atoms with Crippen molar-refractivity contribution in [1.82, 2.24) is 15.2 Å². The molecular weight excluding hydrogens is 290 g/mol. The van der Waals surface area contributed by atoms with Crippen LogP contribution in [0.2, 0.25) is 0 Å². The fraction of sp³-hybridized carbons (Fsp3) is 0.278. The number of hydrogen-bond donors (Lipinski definition) is 1. The topological polar surface area (TPSA) is 62.3 Å². The molecule has 0 bridgehead atoms. The van der Waals surface area contributed by atoms with Crippen molar-refractivity contribution in [3.8, 4) is 0 Å². The number of carbonyl (C=O) groups is 2. The van der Waals surface area contributed by atoms with Crippen LogP contribution >= 0.6 is 0 Å². The number of benzene rings is 1. The van der Waals surface area contributed by atoms with Crippen LogP contribution in [0, 0.1) is 0 Å². The van der Waals surface area contributed by atoms with Gasteiger partial charge in [0.05, 0.1) is 0 Å². The Hall–Kier alpha value is -2.69. The zero-order valence-electron chi connectivity index (χ0n) is 13.0. The van der Waals surface area contributed by atoms with E-state index in [4.69, 9.17) is 0 Å². The van der Waals surface area contributed by atoms with E-state index >= 15 is 0 Å². The summed E-state index contributed by atoms with van der Waals surface area (Å²) >= 11 is 0. The molecule has 1 aromatic carbocycles. The molecule has 0 spiro atoms. The molecule has 5 nitrogen and oxygen atoms in total. The van der Waals surface area contributed by atoms with Crippen molar-refractivity contribution in [2.24, 2.45) is 0 Å². The molecule has 3 rings (SSSR count). The molecule has 1 aliphatic heterocycles. The second-order valence-corrected chi connectivity index (χ2v) is 5.71. The van der Waals surface area contributed by atoms with E-state index in [1.54, 1.807) is 36.4 Å². The number of pyridine rings is 1. The molecule has 118 valence electrons. The maximum atomic E-state index is 12.6. The molecule has 1 N–H and O–H groups in total. The first kappa shape index (κ1) is 15.2. The predicted octanol–water partition coefficient (Wildman–Crippen LogP) is 1.78. The van der Waals surface area contributed by atoms with Crippen molar-refractivity contribution in [2.45, 2.75) is 25.9 Å². The summed E-state index contributed by atoms with van der Waals surface area (Å²) in [4.78, 5) is 30.4. The van der Waals surface area contributed by atoms with Crippen molar-refractivity contribution in [3.63, 3.8) is 0 Å². The second-order valence-electron chi connectivity index (χ2n) is 5.71. The maximum absolute atomic E-state index is 12.6. The standard InChI is InChI=1S/C18H19N3O2/c1-13(20-17(22)15-6-9-19-10-7-15)18(23)21-11-8-14-4-2-3-5-16(14)12-21/h2-7,9-10,13H,8,11-12H2,1H3,(H,20,22)/t13-/m1/s1. The lowest BCUT2D eigenvalue weighted by Gasteiger charge is -2.31. The van der Waals surface area contributed by atoms with Crippen LogP contribution in [0.4, 0.5) is 0 Å². The van der Waals surface area contributed by atoms with Crippen LogP contribution in [-0.4, -0.2) is 34.3 Å². The van der Waals surface area contributed by atoms with E-state index in [9.17, 15) is 9.59 Å². The Balaban J connectivity index is 1.63. The predicted molar refractivity (Wildman–Crippen MR) is 86.7 cm³/mol. The number of rotatable bonds is 3. The van der Waals surface area contributed by atoms with E-state index in [0.717, 1.165) is 6.42 Å². The Morgan fingerprint density at radius 2 is 1.83 bits per heavy atom. The molecular formula is C18H19N3O2. The third kappa shape index (κ3) is 3.39. The minimum absolute atomic E-state index is 0.0538. The Kier molecular flexibility index (Phi) is 4.37. The van der Waals surface area contributed by atoms with Crippen LogP contribution in [0.5, 0.6) is 0 Å². The molecule has 5 heteroatoms. The van der Waals surface area contributed by atoms with Crippen LogP contribution in [0.25, 0.3) is 0 Å². The normalized spacial score (nSPS) is 14.7. The van der Waals surface area contributed by atoms with E-state index in [0.29, 0.717) is 18.7 Å². The van der Waals surface area contributed by atoms with Crippen LogP contribution < -0.4 is 5.32 Å². The zero-order valence-corrected chi connectivity index (χ0v) is 13.0. The summed E-state index contributed by atoms with van der Waals surface area (Å²) in [6.07, 6.45) is 3.97. The molecule has 2 heterocycles. The molecule has 1 aromatic heterocycles. The van der Waals surface area contributed by atoms with Gasteiger partial charge in [-0.3, -0.25) is 14.6 Å². The van der Waals surface area contributed by atoms with Crippen LogP contribution in [0.15, 0.2) is 48.8 Å². The highest BCUT2D eigenvalue weighted by Crippen LogP contribution is 2.19. The summed E-state index contributed by atoms with van der Waals surface area (Å²) in [5, 5.41) is 2.76. The minimum atomic E-state index is -0.555. The number of fused-ring (bicyclic) bond motifs is 1. The summed E-state index contributed by atoms with van der Waals surface area (Å²) in [5.41, 5.74) is 2.98. The lowest BCUT2D eigenvalue weighted by atomic mass is 9.99. The largest absolute Gasteiger partial charge is 0.341 e. The molecule has 23 heavy (non-hydrogen) atoms. The van der Waals surface area contributed by atoms with Crippen molar-refractivity contribution >= 4 is 11.8 Å². The van der Waals surface area contributed by atoms with Crippen LogP contribution in [0.1, 0.15) is 28.4 Å². The van der Waals surface area contributed by atoms with Gasteiger partial charge in [0.25, 0.3) is 5.91 Å². The third-order valence-corrected chi connectivity index (χ3v) is 4.10. The number of aromatic nitrogens is 1. The summed E-state index contributed by atoms with van der Waals surface area (Å²) in [5.74, 6) is -0.312. The summed E-state index contributed by atoms with van der Waals surface area (Å²) < 4.78 is 0. The molecule has 0 saturated carbocycles. The van der Waals surface area contributed by atoms with E-state index in [2.05, 4.69) is 22.4 Å². The highest BCUT2D eigenvalue weighted by atomic mass is 16.2. The van der Waals surface area contributed by atoms with Crippen LogP contribution in [-0.2, 0) is 17.8 Å². The molecule has 0 saturated heterocycles. The molecule has 0 unspecified atom stereocenters. The van der Waals surface area contributed by atoms with Gasteiger partial charge in [-0.05, 0) is 36.6 Å². The van der Waals surface area contributed by atoms with Gasteiger partial charge in [-0.25, -0.2) is 0 Å². The van der Waals surface area contributed by atoms with E-state index < -0.39 is 6.04 Å². The first-order valence-corrected chi connectivity index (χ1v) is 7.71. The van der Waals surface area contributed by atoms with Gasteiger partial charge in [0.1, 0.15) is 6.04 Å². The maximum Gasteiger partial charge on any atom is 0.252 e. The van der Waals surface area contributed by atoms with E-state index in [1.807, 2.05) is 12.1 Å². The minimum Gasteiger partial charge on any atom is -0.341 e.